The van der Waals surface area contributed by atoms with Gasteiger partial charge in [0.15, 0.2) is 0 Å². The van der Waals surface area contributed by atoms with E-state index in [4.69, 9.17) is 4.74 Å². The fourth-order valence-electron chi connectivity index (χ4n) is 1.31. The first-order chi connectivity index (χ1) is 8.56. The fraction of sp³-hybridized carbons (Fsp3) is 0.0909. The van der Waals surface area contributed by atoms with Gasteiger partial charge in [-0.3, -0.25) is 15.1 Å². The van der Waals surface area contributed by atoms with Gasteiger partial charge in [-0.15, -0.1) is 0 Å². The van der Waals surface area contributed by atoms with Gasteiger partial charge in [-0.25, -0.2) is 4.98 Å². The molecule has 2 aromatic heterocycles. The molecular weight excluding hydrogens is 302 g/mol. The molecule has 0 fully saturated rings. The maximum atomic E-state index is 10.6. The van der Waals surface area contributed by atoms with E-state index in [2.05, 4.69) is 25.9 Å². The summed E-state index contributed by atoms with van der Waals surface area (Å²) in [7, 11) is 0. The number of aryl methyl sites for hydroxylation is 1. The number of hydrogen-bond acceptors (Lipinski definition) is 5. The van der Waals surface area contributed by atoms with Crippen molar-refractivity contribution in [3.05, 3.63) is 50.9 Å². The third kappa shape index (κ3) is 2.80. The number of pyridine rings is 2. The molecule has 92 valence electrons. The van der Waals surface area contributed by atoms with Gasteiger partial charge in [0.25, 0.3) is 5.69 Å². The standard InChI is InChI=1S/C11H8BrN3O3/c1-7-2-9(15(16)17)5-14-11(7)18-10-3-8(12)4-13-6-10/h2-6H,1H3. The molecule has 0 saturated carbocycles. The summed E-state index contributed by atoms with van der Waals surface area (Å²) in [6, 6.07) is 3.14. The van der Waals surface area contributed by atoms with Crippen LogP contribution in [0.5, 0.6) is 11.6 Å². The van der Waals surface area contributed by atoms with Gasteiger partial charge in [0.1, 0.15) is 11.9 Å². The highest BCUT2D eigenvalue weighted by Gasteiger charge is 2.11. The largest absolute Gasteiger partial charge is 0.437 e. The number of rotatable bonds is 3. The molecule has 0 N–H and O–H groups in total. The Kier molecular flexibility index (Phi) is 3.52. The number of hydrogen-bond donors (Lipinski definition) is 0. The van der Waals surface area contributed by atoms with Gasteiger partial charge in [-0.2, -0.15) is 0 Å². The molecule has 0 aromatic carbocycles. The first kappa shape index (κ1) is 12.4. The maximum Gasteiger partial charge on any atom is 0.288 e. The molecule has 0 aliphatic carbocycles. The Morgan fingerprint density at radius 3 is 2.72 bits per heavy atom. The van der Waals surface area contributed by atoms with Gasteiger partial charge in [-0.1, -0.05) is 0 Å². The van der Waals surface area contributed by atoms with Crippen molar-refractivity contribution in [2.24, 2.45) is 0 Å². The number of nitro groups is 1. The summed E-state index contributed by atoms with van der Waals surface area (Å²) in [6.07, 6.45) is 4.32. The highest BCUT2D eigenvalue weighted by atomic mass is 79.9. The molecule has 0 radical (unpaired) electrons. The topological polar surface area (TPSA) is 78.2 Å². The Bertz CT molecular complexity index is 604. The van der Waals surface area contributed by atoms with Gasteiger partial charge in [0, 0.05) is 22.3 Å². The molecule has 2 heterocycles. The van der Waals surface area contributed by atoms with Crippen LogP contribution in [0.1, 0.15) is 5.56 Å². The Morgan fingerprint density at radius 1 is 1.33 bits per heavy atom. The first-order valence-electron chi connectivity index (χ1n) is 4.95. The highest BCUT2D eigenvalue weighted by Crippen LogP contribution is 2.26. The van der Waals surface area contributed by atoms with Crippen molar-refractivity contribution in [1.29, 1.82) is 0 Å². The SMILES string of the molecule is Cc1cc([N+](=O)[O-])cnc1Oc1cncc(Br)c1. The van der Waals surface area contributed by atoms with Gasteiger partial charge in [0.2, 0.25) is 5.88 Å². The minimum atomic E-state index is -0.496. The molecule has 0 bridgehead atoms. The van der Waals surface area contributed by atoms with Crippen molar-refractivity contribution in [1.82, 2.24) is 9.97 Å². The zero-order chi connectivity index (χ0) is 13.1. The Morgan fingerprint density at radius 2 is 2.11 bits per heavy atom. The lowest BCUT2D eigenvalue weighted by Crippen LogP contribution is -1.95. The van der Waals surface area contributed by atoms with Crippen LogP contribution in [0, 0.1) is 17.0 Å². The Balaban J connectivity index is 2.27. The predicted octanol–water partition coefficient (Wildman–Crippen LogP) is 3.25. The quantitative estimate of drug-likeness (QED) is 0.642. The van der Waals surface area contributed by atoms with Gasteiger partial charge in [-0.05, 0) is 28.9 Å². The number of ether oxygens (including phenoxy) is 1. The lowest BCUT2D eigenvalue weighted by Gasteiger charge is -2.06. The zero-order valence-corrected chi connectivity index (χ0v) is 10.9. The number of nitrogens with zero attached hydrogens (tertiary/aromatic N) is 3. The average molecular weight is 310 g/mol. The van der Waals surface area contributed by atoms with Crippen LogP contribution in [0.4, 0.5) is 5.69 Å². The minimum Gasteiger partial charge on any atom is -0.437 e. The van der Waals surface area contributed by atoms with E-state index < -0.39 is 4.92 Å². The van der Waals surface area contributed by atoms with E-state index in [1.54, 1.807) is 19.2 Å². The minimum absolute atomic E-state index is 0.0628. The molecule has 0 amide bonds. The van der Waals surface area contributed by atoms with E-state index in [9.17, 15) is 10.1 Å². The normalized spacial score (nSPS) is 10.1. The second kappa shape index (κ2) is 5.09. The third-order valence-corrected chi connectivity index (χ3v) is 2.55. The van der Waals surface area contributed by atoms with Crippen molar-refractivity contribution >= 4 is 21.6 Å². The predicted molar refractivity (Wildman–Crippen MR) is 67.6 cm³/mol. The summed E-state index contributed by atoms with van der Waals surface area (Å²) in [4.78, 5) is 17.9. The van der Waals surface area contributed by atoms with E-state index in [1.165, 1.54) is 12.3 Å². The lowest BCUT2D eigenvalue weighted by molar-refractivity contribution is -0.385. The van der Waals surface area contributed by atoms with Gasteiger partial charge < -0.3 is 4.74 Å². The molecule has 7 heteroatoms. The molecule has 2 aromatic rings. The first-order valence-corrected chi connectivity index (χ1v) is 5.75. The van der Waals surface area contributed by atoms with E-state index in [0.717, 1.165) is 10.7 Å². The van der Waals surface area contributed by atoms with Crippen LogP contribution in [0.2, 0.25) is 0 Å². The van der Waals surface area contributed by atoms with Crippen LogP contribution in [-0.2, 0) is 0 Å². The zero-order valence-electron chi connectivity index (χ0n) is 9.33. The van der Waals surface area contributed by atoms with E-state index >= 15 is 0 Å². The van der Waals surface area contributed by atoms with Crippen molar-refractivity contribution in [3.63, 3.8) is 0 Å². The summed E-state index contributed by atoms with van der Waals surface area (Å²) < 4.78 is 6.28. The van der Waals surface area contributed by atoms with Crippen molar-refractivity contribution in [2.45, 2.75) is 6.92 Å². The van der Waals surface area contributed by atoms with Crippen LogP contribution in [0.3, 0.4) is 0 Å². The molecule has 18 heavy (non-hydrogen) atoms. The maximum absolute atomic E-state index is 10.6. The van der Waals surface area contributed by atoms with Gasteiger partial charge in [0.05, 0.1) is 11.1 Å². The second-order valence-corrected chi connectivity index (χ2v) is 4.43. The summed E-state index contributed by atoms with van der Waals surface area (Å²) in [6.45, 7) is 1.70. The van der Waals surface area contributed by atoms with E-state index in [-0.39, 0.29) is 5.69 Å². The Labute approximate surface area is 111 Å². The molecule has 0 saturated heterocycles. The van der Waals surface area contributed by atoms with Crippen molar-refractivity contribution < 1.29 is 9.66 Å². The molecular formula is C11H8BrN3O3. The molecule has 0 atom stereocenters. The summed E-state index contributed by atoms with van der Waals surface area (Å²) in [5, 5.41) is 10.6. The van der Waals surface area contributed by atoms with Crippen LogP contribution in [0.15, 0.2) is 35.2 Å². The van der Waals surface area contributed by atoms with Crippen LogP contribution in [-0.4, -0.2) is 14.9 Å². The Hall–Kier alpha value is -2.02. The third-order valence-electron chi connectivity index (χ3n) is 2.12. The molecule has 0 aliphatic rings. The average Bonchev–Trinajstić information content (AvgIpc) is 2.31. The molecule has 0 aliphatic heterocycles. The van der Waals surface area contributed by atoms with E-state index in [1.807, 2.05) is 0 Å². The van der Waals surface area contributed by atoms with E-state index in [0.29, 0.717) is 17.2 Å². The number of aromatic nitrogens is 2. The van der Waals surface area contributed by atoms with Crippen LogP contribution in [0.25, 0.3) is 0 Å². The molecule has 2 rings (SSSR count). The summed E-state index contributed by atoms with van der Waals surface area (Å²) in [5.41, 5.74) is 0.524. The molecule has 0 spiro atoms. The summed E-state index contributed by atoms with van der Waals surface area (Å²) >= 11 is 3.27. The van der Waals surface area contributed by atoms with Crippen molar-refractivity contribution in [2.75, 3.05) is 0 Å². The molecule has 6 nitrogen and oxygen atoms in total. The highest BCUT2D eigenvalue weighted by molar-refractivity contribution is 9.10. The number of halogens is 1. The monoisotopic (exact) mass is 309 g/mol. The van der Waals surface area contributed by atoms with Crippen LogP contribution >= 0.6 is 15.9 Å². The van der Waals surface area contributed by atoms with Crippen molar-refractivity contribution in [3.8, 4) is 11.6 Å². The fourth-order valence-corrected chi connectivity index (χ4v) is 1.66. The van der Waals surface area contributed by atoms with Gasteiger partial charge >= 0.3 is 0 Å². The smallest absolute Gasteiger partial charge is 0.288 e. The lowest BCUT2D eigenvalue weighted by atomic mass is 10.3. The molecule has 0 unspecified atom stereocenters. The van der Waals surface area contributed by atoms with Crippen LogP contribution < -0.4 is 4.74 Å². The second-order valence-electron chi connectivity index (χ2n) is 3.51. The summed E-state index contributed by atoms with van der Waals surface area (Å²) in [5.74, 6) is 0.828.